The van der Waals surface area contributed by atoms with E-state index in [1.165, 1.54) is 0 Å². The van der Waals surface area contributed by atoms with Crippen LogP contribution < -0.4 is 5.73 Å². The monoisotopic (exact) mass is 337 g/mol. The fourth-order valence-corrected chi connectivity index (χ4v) is 5.52. The van der Waals surface area contributed by atoms with Crippen molar-refractivity contribution in [2.45, 2.75) is 29.6 Å². The minimum atomic E-state index is -3.41. The third-order valence-electron chi connectivity index (χ3n) is 4.32. The fraction of sp³-hybridized carbons (Fsp3) is 0.538. The normalized spacial score (nSPS) is 35.9. The molecule has 5 atom stereocenters. The lowest BCUT2D eigenvalue weighted by molar-refractivity contribution is 0.381. The van der Waals surface area contributed by atoms with Crippen LogP contribution in [-0.4, -0.2) is 25.9 Å². The van der Waals surface area contributed by atoms with Crippen molar-refractivity contribution >= 4 is 33.0 Å². The minimum Gasteiger partial charge on any atom is -0.326 e. The standard InChI is InChI=1S/C13H14Cl2FNO2S/c14-8-2-1-6(3-9(8)15)5-20(18,19)10-4-7-11(12(7)16)13(10)17/h1-3,7,10-13H,4-5,17H2/t7-,10-,11+,12-,13-/m1/s1. The second-order valence-corrected chi connectivity index (χ2v) is 8.63. The molecule has 7 heteroatoms. The van der Waals surface area contributed by atoms with Gasteiger partial charge >= 0.3 is 0 Å². The van der Waals surface area contributed by atoms with Gasteiger partial charge in [-0.3, -0.25) is 0 Å². The molecule has 0 spiro atoms. The summed E-state index contributed by atoms with van der Waals surface area (Å²) >= 11 is 11.7. The lowest BCUT2D eigenvalue weighted by atomic mass is 10.2. The Morgan fingerprint density at radius 3 is 2.55 bits per heavy atom. The molecule has 0 amide bonds. The van der Waals surface area contributed by atoms with E-state index in [2.05, 4.69) is 0 Å². The average molecular weight is 338 g/mol. The number of sulfone groups is 1. The van der Waals surface area contributed by atoms with Gasteiger partial charge in [0.25, 0.3) is 0 Å². The molecule has 3 nitrogen and oxygen atoms in total. The van der Waals surface area contributed by atoms with E-state index in [9.17, 15) is 12.8 Å². The number of benzene rings is 1. The Hall–Kier alpha value is -0.360. The maximum absolute atomic E-state index is 13.2. The van der Waals surface area contributed by atoms with Crippen LogP contribution in [0.2, 0.25) is 10.0 Å². The third kappa shape index (κ3) is 2.34. The summed E-state index contributed by atoms with van der Waals surface area (Å²) in [6.45, 7) is 0. The predicted molar refractivity (Wildman–Crippen MR) is 77.3 cm³/mol. The van der Waals surface area contributed by atoms with Gasteiger partial charge in [0.2, 0.25) is 0 Å². The highest BCUT2D eigenvalue weighted by Crippen LogP contribution is 2.55. The summed E-state index contributed by atoms with van der Waals surface area (Å²) < 4.78 is 38.1. The van der Waals surface area contributed by atoms with E-state index in [4.69, 9.17) is 28.9 Å². The molecule has 2 N–H and O–H groups in total. The topological polar surface area (TPSA) is 60.2 Å². The van der Waals surface area contributed by atoms with E-state index < -0.39 is 27.3 Å². The molecule has 0 aromatic heterocycles. The minimum absolute atomic E-state index is 0.140. The number of hydrogen-bond acceptors (Lipinski definition) is 3. The van der Waals surface area contributed by atoms with Gasteiger partial charge in [0.05, 0.1) is 21.0 Å². The highest BCUT2D eigenvalue weighted by atomic mass is 35.5. The zero-order chi connectivity index (χ0) is 14.7. The van der Waals surface area contributed by atoms with Crippen molar-refractivity contribution < 1.29 is 12.8 Å². The van der Waals surface area contributed by atoms with Crippen molar-refractivity contribution in [1.29, 1.82) is 0 Å². The molecule has 110 valence electrons. The Balaban J connectivity index is 1.78. The molecule has 20 heavy (non-hydrogen) atoms. The maximum Gasteiger partial charge on any atom is 0.158 e. The second-order valence-electron chi connectivity index (χ2n) is 5.59. The van der Waals surface area contributed by atoms with Crippen LogP contribution in [0.3, 0.4) is 0 Å². The molecule has 3 rings (SSSR count). The van der Waals surface area contributed by atoms with Crippen LogP contribution in [0.1, 0.15) is 12.0 Å². The largest absolute Gasteiger partial charge is 0.326 e. The highest BCUT2D eigenvalue weighted by molar-refractivity contribution is 7.91. The molecule has 0 saturated heterocycles. The van der Waals surface area contributed by atoms with Crippen LogP contribution in [-0.2, 0) is 15.6 Å². The highest BCUT2D eigenvalue weighted by Gasteiger charge is 2.64. The van der Waals surface area contributed by atoms with Gasteiger partial charge < -0.3 is 5.73 Å². The van der Waals surface area contributed by atoms with Gasteiger partial charge in [-0.1, -0.05) is 29.3 Å². The molecule has 0 bridgehead atoms. The van der Waals surface area contributed by atoms with Gasteiger partial charge in [-0.2, -0.15) is 0 Å². The Morgan fingerprint density at radius 2 is 2.00 bits per heavy atom. The number of rotatable bonds is 3. The van der Waals surface area contributed by atoms with Crippen LogP contribution in [0.25, 0.3) is 0 Å². The molecule has 1 aromatic rings. The second kappa shape index (κ2) is 4.83. The number of hydrogen-bond donors (Lipinski definition) is 1. The van der Waals surface area contributed by atoms with Crippen molar-refractivity contribution in [3.8, 4) is 0 Å². The first kappa shape index (κ1) is 14.6. The first-order valence-corrected chi connectivity index (χ1v) is 8.83. The van der Waals surface area contributed by atoms with Crippen LogP contribution in [0, 0.1) is 11.8 Å². The lowest BCUT2D eigenvalue weighted by Crippen LogP contribution is -2.40. The van der Waals surface area contributed by atoms with Crippen molar-refractivity contribution in [3.63, 3.8) is 0 Å². The molecule has 2 aliphatic carbocycles. The van der Waals surface area contributed by atoms with Gasteiger partial charge in [0.1, 0.15) is 6.17 Å². The van der Waals surface area contributed by atoms with E-state index in [0.717, 1.165) is 0 Å². The Morgan fingerprint density at radius 1 is 1.30 bits per heavy atom. The molecular formula is C13H14Cl2FNO2S. The van der Waals surface area contributed by atoms with E-state index in [1.54, 1.807) is 18.2 Å². The smallest absolute Gasteiger partial charge is 0.158 e. The number of halogens is 3. The lowest BCUT2D eigenvalue weighted by Gasteiger charge is -2.19. The van der Waals surface area contributed by atoms with E-state index in [-0.39, 0.29) is 17.6 Å². The summed E-state index contributed by atoms with van der Waals surface area (Å²) in [6.07, 6.45) is -0.585. The zero-order valence-electron chi connectivity index (χ0n) is 10.5. The van der Waals surface area contributed by atoms with Gasteiger partial charge in [0.15, 0.2) is 9.84 Å². The van der Waals surface area contributed by atoms with E-state index >= 15 is 0 Å². The van der Waals surface area contributed by atoms with E-state index in [1.807, 2.05) is 0 Å². The summed E-state index contributed by atoms with van der Waals surface area (Å²) in [4.78, 5) is 0. The van der Waals surface area contributed by atoms with E-state index in [0.29, 0.717) is 22.0 Å². The van der Waals surface area contributed by atoms with Gasteiger partial charge in [-0.05, 0) is 30.0 Å². The zero-order valence-corrected chi connectivity index (χ0v) is 12.8. The Labute approximate surface area is 127 Å². The van der Waals surface area contributed by atoms with Gasteiger partial charge in [0, 0.05) is 12.0 Å². The fourth-order valence-electron chi connectivity index (χ4n) is 3.17. The molecule has 0 heterocycles. The summed E-state index contributed by atoms with van der Waals surface area (Å²) in [6, 6.07) is 4.15. The third-order valence-corrected chi connectivity index (χ3v) is 7.23. The van der Waals surface area contributed by atoms with Gasteiger partial charge in [-0.25, -0.2) is 12.8 Å². The van der Waals surface area contributed by atoms with Crippen LogP contribution in [0.4, 0.5) is 4.39 Å². The van der Waals surface area contributed by atoms with Crippen molar-refractivity contribution in [2.24, 2.45) is 17.6 Å². The summed E-state index contributed by atoms with van der Waals surface area (Å²) in [7, 11) is -3.41. The molecular weight excluding hydrogens is 324 g/mol. The van der Waals surface area contributed by atoms with Crippen LogP contribution in [0.5, 0.6) is 0 Å². The first-order valence-electron chi connectivity index (χ1n) is 6.36. The Bertz CT molecular complexity index is 652. The summed E-state index contributed by atoms with van der Waals surface area (Å²) in [5, 5.41) is 0.0487. The molecule has 2 fully saturated rings. The Kier molecular flexibility index (Phi) is 3.52. The quantitative estimate of drug-likeness (QED) is 0.922. The van der Waals surface area contributed by atoms with Crippen LogP contribution >= 0.6 is 23.2 Å². The van der Waals surface area contributed by atoms with Crippen molar-refractivity contribution in [2.75, 3.05) is 0 Å². The number of alkyl halides is 1. The molecule has 2 aliphatic rings. The molecule has 0 aliphatic heterocycles. The summed E-state index contributed by atoms with van der Waals surface area (Å²) in [5.41, 5.74) is 6.46. The van der Waals surface area contributed by atoms with Crippen LogP contribution in [0.15, 0.2) is 18.2 Å². The summed E-state index contributed by atoms with van der Waals surface area (Å²) in [5.74, 6) is -0.583. The molecule has 0 radical (unpaired) electrons. The van der Waals surface area contributed by atoms with Crippen molar-refractivity contribution in [3.05, 3.63) is 33.8 Å². The van der Waals surface area contributed by atoms with Crippen molar-refractivity contribution in [1.82, 2.24) is 0 Å². The maximum atomic E-state index is 13.2. The SMILES string of the molecule is N[C@H]1[C@@H]2[C@H](F)[C@@H]2C[C@H]1S(=O)(=O)Cc1ccc(Cl)c(Cl)c1. The average Bonchev–Trinajstić information content (AvgIpc) is 2.83. The number of fused-ring (bicyclic) bond motifs is 1. The first-order chi connectivity index (χ1) is 9.31. The number of nitrogens with two attached hydrogens (primary N) is 1. The molecule has 0 unspecified atom stereocenters. The molecule has 2 saturated carbocycles. The molecule has 1 aromatic carbocycles. The van der Waals surface area contributed by atoms with Gasteiger partial charge in [-0.15, -0.1) is 0 Å². The predicted octanol–water partition coefficient (Wildman–Crippen LogP) is 2.59.